The molecule has 1 aliphatic rings. The zero-order valence-electron chi connectivity index (χ0n) is 9.74. The molecule has 0 unspecified atom stereocenters. The van der Waals surface area contributed by atoms with Crippen LogP contribution >= 0.6 is 0 Å². The van der Waals surface area contributed by atoms with Gasteiger partial charge in [-0.15, -0.1) is 0 Å². The van der Waals surface area contributed by atoms with Gasteiger partial charge in [-0.25, -0.2) is 4.39 Å². The minimum Gasteiger partial charge on any atom is -0.480 e. The Hall–Kier alpha value is -1.93. The number of carbonyl (C=O) groups is 1. The minimum absolute atomic E-state index is 0.0210. The first-order chi connectivity index (χ1) is 8.57. The first-order valence-corrected chi connectivity index (χ1v) is 5.74. The molecule has 2 N–H and O–H groups in total. The lowest BCUT2D eigenvalue weighted by molar-refractivity contribution is -0.148. The second kappa shape index (κ2) is 4.75. The molecular weight excluding hydrogens is 235 g/mol. The van der Waals surface area contributed by atoms with E-state index in [0.29, 0.717) is 24.9 Å². The van der Waals surface area contributed by atoms with E-state index in [0.717, 1.165) is 6.42 Å². The van der Waals surface area contributed by atoms with Gasteiger partial charge in [0.25, 0.3) is 0 Å². The van der Waals surface area contributed by atoms with E-state index in [1.165, 1.54) is 12.1 Å². The zero-order valence-corrected chi connectivity index (χ0v) is 9.74. The number of nitriles is 1. The van der Waals surface area contributed by atoms with E-state index in [9.17, 15) is 9.18 Å². The standard InChI is InChI=1S/C13H13FN2O2/c14-11-3-2-9(6-10(11)7-15)8-16-13(12(17)18)4-1-5-13/h2-3,6,16H,1,4-5,8H2,(H,17,18). The molecular formula is C13H13FN2O2. The largest absolute Gasteiger partial charge is 0.480 e. The summed E-state index contributed by atoms with van der Waals surface area (Å²) in [7, 11) is 0. The SMILES string of the molecule is N#Cc1cc(CNC2(C(=O)O)CCC2)ccc1F. The van der Waals surface area contributed by atoms with Crippen molar-refractivity contribution < 1.29 is 14.3 Å². The van der Waals surface area contributed by atoms with Crippen LogP contribution in [0.25, 0.3) is 0 Å². The molecule has 1 fully saturated rings. The number of hydrogen-bond acceptors (Lipinski definition) is 3. The van der Waals surface area contributed by atoms with E-state index in [-0.39, 0.29) is 5.56 Å². The summed E-state index contributed by atoms with van der Waals surface area (Å²) in [5.41, 5.74) is -0.158. The van der Waals surface area contributed by atoms with Gasteiger partial charge in [-0.3, -0.25) is 10.1 Å². The molecule has 0 heterocycles. The summed E-state index contributed by atoms with van der Waals surface area (Å²) >= 11 is 0. The van der Waals surface area contributed by atoms with Crippen LogP contribution < -0.4 is 5.32 Å². The van der Waals surface area contributed by atoms with Gasteiger partial charge in [0.2, 0.25) is 0 Å². The number of hydrogen-bond donors (Lipinski definition) is 2. The lowest BCUT2D eigenvalue weighted by Crippen LogP contribution is -2.56. The van der Waals surface area contributed by atoms with Crippen molar-refractivity contribution in [1.29, 1.82) is 5.26 Å². The topological polar surface area (TPSA) is 73.1 Å². The average Bonchev–Trinajstić information content (AvgIpc) is 2.29. The maximum atomic E-state index is 13.1. The summed E-state index contributed by atoms with van der Waals surface area (Å²) in [5, 5.41) is 20.8. The quantitative estimate of drug-likeness (QED) is 0.852. The predicted molar refractivity (Wildman–Crippen MR) is 62.2 cm³/mol. The molecule has 0 aromatic heterocycles. The molecule has 0 spiro atoms. The van der Waals surface area contributed by atoms with Gasteiger partial charge in [0.1, 0.15) is 17.4 Å². The Morgan fingerprint density at radius 2 is 2.28 bits per heavy atom. The molecule has 4 nitrogen and oxygen atoms in total. The fraction of sp³-hybridized carbons (Fsp3) is 0.385. The predicted octanol–water partition coefficient (Wildman–Crippen LogP) is 1.79. The van der Waals surface area contributed by atoms with Gasteiger partial charge in [-0.2, -0.15) is 5.26 Å². The molecule has 94 valence electrons. The summed E-state index contributed by atoms with van der Waals surface area (Å²) < 4.78 is 13.1. The fourth-order valence-corrected chi connectivity index (χ4v) is 2.04. The van der Waals surface area contributed by atoms with Crippen molar-refractivity contribution in [3.63, 3.8) is 0 Å². The molecule has 18 heavy (non-hydrogen) atoms. The van der Waals surface area contributed by atoms with Gasteiger partial charge >= 0.3 is 5.97 Å². The molecule has 5 heteroatoms. The summed E-state index contributed by atoms with van der Waals surface area (Å²) in [4.78, 5) is 11.1. The van der Waals surface area contributed by atoms with E-state index >= 15 is 0 Å². The highest BCUT2D eigenvalue weighted by atomic mass is 19.1. The second-order valence-corrected chi connectivity index (χ2v) is 4.52. The van der Waals surface area contributed by atoms with Gasteiger partial charge < -0.3 is 5.11 Å². The van der Waals surface area contributed by atoms with Crippen LogP contribution in [-0.4, -0.2) is 16.6 Å². The first kappa shape index (κ1) is 12.5. The highest BCUT2D eigenvalue weighted by Crippen LogP contribution is 2.32. The van der Waals surface area contributed by atoms with Crippen molar-refractivity contribution in [2.45, 2.75) is 31.3 Å². The minimum atomic E-state index is -0.851. The Bertz CT molecular complexity index is 518. The van der Waals surface area contributed by atoms with Crippen molar-refractivity contribution in [1.82, 2.24) is 5.32 Å². The number of nitrogens with zero attached hydrogens (tertiary/aromatic N) is 1. The molecule has 1 aliphatic carbocycles. The van der Waals surface area contributed by atoms with Crippen LogP contribution in [0.4, 0.5) is 4.39 Å². The summed E-state index contributed by atoms with van der Waals surface area (Å²) in [6.45, 7) is 0.321. The van der Waals surface area contributed by atoms with Crippen molar-refractivity contribution in [3.8, 4) is 6.07 Å². The maximum Gasteiger partial charge on any atom is 0.323 e. The van der Waals surface area contributed by atoms with Gasteiger partial charge in [-0.05, 0) is 37.0 Å². The molecule has 1 saturated carbocycles. The Balaban J connectivity index is 2.07. The van der Waals surface area contributed by atoms with E-state index < -0.39 is 17.3 Å². The third-order valence-corrected chi connectivity index (χ3v) is 3.40. The number of aliphatic carboxylic acids is 1. The smallest absolute Gasteiger partial charge is 0.323 e. The zero-order chi connectivity index (χ0) is 13.2. The van der Waals surface area contributed by atoms with Crippen molar-refractivity contribution >= 4 is 5.97 Å². The van der Waals surface area contributed by atoms with Crippen LogP contribution in [0.1, 0.15) is 30.4 Å². The molecule has 0 aliphatic heterocycles. The monoisotopic (exact) mass is 248 g/mol. The summed E-state index contributed by atoms with van der Waals surface area (Å²) in [5.74, 6) is -1.41. The summed E-state index contributed by atoms with van der Waals surface area (Å²) in [6.07, 6.45) is 2.11. The Morgan fingerprint density at radius 1 is 1.56 bits per heavy atom. The number of nitrogens with one attached hydrogen (secondary N) is 1. The highest BCUT2D eigenvalue weighted by molar-refractivity contribution is 5.79. The van der Waals surface area contributed by atoms with Crippen molar-refractivity contribution in [3.05, 3.63) is 35.1 Å². The average molecular weight is 248 g/mol. The Kier molecular flexibility index (Phi) is 3.30. The number of halogens is 1. The molecule has 0 radical (unpaired) electrons. The molecule has 0 saturated heterocycles. The molecule has 2 rings (SSSR count). The maximum absolute atomic E-state index is 13.1. The molecule has 1 aromatic carbocycles. The number of carboxylic acid groups (broad SMARTS) is 1. The lowest BCUT2D eigenvalue weighted by Gasteiger charge is -2.38. The van der Waals surface area contributed by atoms with Gasteiger partial charge in [0, 0.05) is 6.54 Å². The second-order valence-electron chi connectivity index (χ2n) is 4.52. The third kappa shape index (κ3) is 2.20. The van der Waals surface area contributed by atoms with Gasteiger partial charge in [0.05, 0.1) is 5.56 Å². The highest BCUT2D eigenvalue weighted by Gasteiger charge is 2.43. The number of rotatable bonds is 4. The van der Waals surface area contributed by atoms with E-state index in [2.05, 4.69) is 5.32 Å². The van der Waals surface area contributed by atoms with Crippen LogP contribution in [0.3, 0.4) is 0 Å². The van der Waals surface area contributed by atoms with Crippen LogP contribution in [0.15, 0.2) is 18.2 Å². The first-order valence-electron chi connectivity index (χ1n) is 5.74. The van der Waals surface area contributed by atoms with E-state index in [1.54, 1.807) is 12.1 Å². The Labute approximate surface area is 104 Å². The van der Waals surface area contributed by atoms with E-state index in [4.69, 9.17) is 10.4 Å². The fourth-order valence-electron chi connectivity index (χ4n) is 2.04. The van der Waals surface area contributed by atoms with Crippen LogP contribution in [0.5, 0.6) is 0 Å². The lowest BCUT2D eigenvalue weighted by atomic mass is 9.76. The van der Waals surface area contributed by atoms with Crippen molar-refractivity contribution in [2.24, 2.45) is 0 Å². The van der Waals surface area contributed by atoms with Crippen LogP contribution in [0.2, 0.25) is 0 Å². The number of benzene rings is 1. The van der Waals surface area contributed by atoms with Crippen molar-refractivity contribution in [2.75, 3.05) is 0 Å². The molecule has 0 bridgehead atoms. The Morgan fingerprint density at radius 3 is 2.78 bits per heavy atom. The summed E-state index contributed by atoms with van der Waals surface area (Å²) in [6, 6.07) is 5.98. The van der Waals surface area contributed by atoms with Gasteiger partial charge in [0.15, 0.2) is 0 Å². The molecule has 0 amide bonds. The normalized spacial score (nSPS) is 16.7. The third-order valence-electron chi connectivity index (χ3n) is 3.40. The van der Waals surface area contributed by atoms with Gasteiger partial charge in [-0.1, -0.05) is 6.07 Å². The molecule has 0 atom stereocenters. The number of carboxylic acids is 1. The van der Waals surface area contributed by atoms with Crippen LogP contribution in [-0.2, 0) is 11.3 Å². The van der Waals surface area contributed by atoms with Crippen LogP contribution in [0, 0.1) is 17.1 Å². The molecule has 1 aromatic rings. The van der Waals surface area contributed by atoms with E-state index in [1.807, 2.05) is 0 Å².